The molecule has 15 heteroatoms. The third kappa shape index (κ3) is 2.23. The van der Waals surface area contributed by atoms with Crippen LogP contribution in [0.4, 0.5) is 52.7 Å². The van der Waals surface area contributed by atoms with Crippen LogP contribution < -0.4 is 5.73 Å². The van der Waals surface area contributed by atoms with Crippen LogP contribution in [-0.2, 0) is 0 Å². The number of hydrogen-bond acceptors (Lipinski definition) is 3. The lowest BCUT2D eigenvalue weighted by atomic mass is 9.92. The maximum Gasteiger partial charge on any atom is 0.436 e. The Balaban J connectivity index is 4.00. The smallest absolute Gasteiger partial charge is 0.385 e. The van der Waals surface area contributed by atoms with Gasteiger partial charge in [-0.05, 0) is 6.54 Å². The average Bonchev–Trinajstić information content (AvgIpc) is 2.56. The van der Waals surface area contributed by atoms with E-state index in [-0.39, 0.29) is 6.92 Å². The molecule has 3 nitrogen and oxygen atoms in total. The highest BCUT2D eigenvalue weighted by atomic mass is 19.4. The fourth-order valence-electron chi connectivity index (χ4n) is 2.51. The van der Waals surface area contributed by atoms with E-state index in [0.29, 0.717) is 0 Å². The van der Waals surface area contributed by atoms with Crippen LogP contribution in [0.15, 0.2) is 4.99 Å². The van der Waals surface area contributed by atoms with Crippen LogP contribution in [0, 0.1) is 0 Å². The molecule has 142 valence electrons. The Hall–Kier alpha value is -1.41. The van der Waals surface area contributed by atoms with Crippen molar-refractivity contribution in [3.05, 3.63) is 0 Å². The quantitative estimate of drug-likeness (QED) is 0.704. The molecule has 1 rings (SSSR count). The van der Waals surface area contributed by atoms with E-state index < -0.39 is 53.2 Å². The van der Waals surface area contributed by atoms with Crippen LogP contribution >= 0.6 is 0 Å². The van der Waals surface area contributed by atoms with Gasteiger partial charge in [-0.2, -0.15) is 52.7 Å². The van der Waals surface area contributed by atoms with Crippen LogP contribution in [0.3, 0.4) is 0 Å². The monoisotopic (exact) mass is 385 g/mol. The predicted molar refractivity (Wildman–Crippen MR) is 53.7 cm³/mol. The first-order valence-electron chi connectivity index (χ1n) is 5.72. The van der Waals surface area contributed by atoms with Crippen molar-refractivity contribution in [2.45, 2.75) is 42.8 Å². The molecule has 0 aliphatic carbocycles. The molecule has 24 heavy (non-hydrogen) atoms. The molecule has 0 spiro atoms. The van der Waals surface area contributed by atoms with E-state index in [1.54, 1.807) is 4.99 Å². The molecule has 0 aromatic carbocycles. The van der Waals surface area contributed by atoms with Crippen molar-refractivity contribution in [2.75, 3.05) is 6.54 Å². The lowest BCUT2D eigenvalue weighted by Crippen LogP contribution is -2.77. The maximum atomic E-state index is 13.1. The summed E-state index contributed by atoms with van der Waals surface area (Å²) < 4.78 is 156. The van der Waals surface area contributed by atoms with Gasteiger partial charge in [0.15, 0.2) is 0 Å². The summed E-state index contributed by atoms with van der Waals surface area (Å²) in [6.07, 6.45) is -26.6. The Bertz CT molecular complexity index is 494. The van der Waals surface area contributed by atoms with Crippen LogP contribution in [0.25, 0.3) is 0 Å². The molecule has 0 saturated heterocycles. The van der Waals surface area contributed by atoms with Gasteiger partial charge in [0.25, 0.3) is 5.54 Å². The largest absolute Gasteiger partial charge is 0.436 e. The zero-order valence-electron chi connectivity index (χ0n) is 11.2. The highest BCUT2D eigenvalue weighted by Crippen LogP contribution is 2.60. The second-order valence-electron chi connectivity index (χ2n) is 4.61. The van der Waals surface area contributed by atoms with E-state index in [1.807, 2.05) is 0 Å². The third-order valence-corrected chi connectivity index (χ3v) is 3.38. The molecule has 0 radical (unpaired) electrons. The lowest BCUT2D eigenvalue weighted by molar-refractivity contribution is -0.383. The van der Waals surface area contributed by atoms with Gasteiger partial charge >= 0.3 is 30.4 Å². The highest BCUT2D eigenvalue weighted by Gasteiger charge is 2.89. The summed E-state index contributed by atoms with van der Waals surface area (Å²) in [5.74, 6) is -2.89. The van der Waals surface area contributed by atoms with Crippen LogP contribution in [-0.4, -0.2) is 53.2 Å². The Morgan fingerprint density at radius 1 is 0.792 bits per heavy atom. The number of aliphatic imine (C=N–C) groups is 1. The van der Waals surface area contributed by atoms with E-state index in [0.717, 1.165) is 0 Å². The Morgan fingerprint density at radius 2 is 1.12 bits per heavy atom. The third-order valence-electron chi connectivity index (χ3n) is 3.38. The topological polar surface area (TPSA) is 41.6 Å². The predicted octanol–water partition coefficient (Wildman–Crippen LogP) is 3.36. The highest BCUT2D eigenvalue weighted by molar-refractivity contribution is 5.94. The second kappa shape index (κ2) is 5.05. The minimum atomic E-state index is -6.66. The number of alkyl halides is 12. The molecular weight excluding hydrogens is 378 g/mol. The van der Waals surface area contributed by atoms with E-state index in [1.165, 1.54) is 0 Å². The van der Waals surface area contributed by atoms with Crippen LogP contribution in [0.1, 0.15) is 6.92 Å². The van der Waals surface area contributed by atoms with Gasteiger partial charge in [-0.1, -0.05) is 6.92 Å². The SMILES string of the molecule is CCN1C(C(F)(F)F)(C(F)(F)F)N=C(N)C1(C(F)(F)F)C(F)(F)F. The molecule has 1 aliphatic rings. The zero-order chi connectivity index (χ0) is 19.6. The van der Waals surface area contributed by atoms with Crippen molar-refractivity contribution in [2.24, 2.45) is 10.7 Å². The number of hydrogen-bond donors (Lipinski definition) is 1. The molecule has 0 atom stereocenters. The summed E-state index contributed by atoms with van der Waals surface area (Å²) in [6, 6.07) is 0. The molecule has 0 aromatic rings. The van der Waals surface area contributed by atoms with Gasteiger partial charge in [-0.25, -0.2) is 9.89 Å². The zero-order valence-corrected chi connectivity index (χ0v) is 11.2. The molecule has 0 fully saturated rings. The van der Waals surface area contributed by atoms with Gasteiger partial charge in [0.1, 0.15) is 5.84 Å². The van der Waals surface area contributed by atoms with Gasteiger partial charge < -0.3 is 5.73 Å². The van der Waals surface area contributed by atoms with Crippen molar-refractivity contribution >= 4 is 5.84 Å². The van der Waals surface area contributed by atoms with Crippen molar-refractivity contribution in [3.63, 3.8) is 0 Å². The molecule has 1 aliphatic heterocycles. The average molecular weight is 385 g/mol. The van der Waals surface area contributed by atoms with Gasteiger partial charge in [0.2, 0.25) is 0 Å². The van der Waals surface area contributed by atoms with Gasteiger partial charge in [0, 0.05) is 0 Å². The van der Waals surface area contributed by atoms with Crippen molar-refractivity contribution in [1.29, 1.82) is 0 Å². The molecule has 0 bridgehead atoms. The first kappa shape index (κ1) is 20.6. The molecular formula is C9H7F12N3. The lowest BCUT2D eigenvalue weighted by Gasteiger charge is -2.46. The Labute approximate surface area is 125 Å². The van der Waals surface area contributed by atoms with E-state index in [4.69, 9.17) is 0 Å². The van der Waals surface area contributed by atoms with Gasteiger partial charge in [-0.3, -0.25) is 0 Å². The molecule has 2 N–H and O–H groups in total. The summed E-state index contributed by atoms with van der Waals surface area (Å²) >= 11 is 0. The molecule has 1 heterocycles. The van der Waals surface area contributed by atoms with Crippen molar-refractivity contribution in [1.82, 2.24) is 4.90 Å². The first-order chi connectivity index (χ1) is 10.3. The number of amidine groups is 1. The Kier molecular flexibility index (Phi) is 4.34. The van der Waals surface area contributed by atoms with Crippen LogP contribution in [0.2, 0.25) is 0 Å². The van der Waals surface area contributed by atoms with Gasteiger partial charge in [0.05, 0.1) is 0 Å². The van der Waals surface area contributed by atoms with E-state index in [2.05, 4.69) is 5.73 Å². The fraction of sp³-hybridized carbons (Fsp3) is 0.889. The number of halogens is 12. The summed E-state index contributed by atoms with van der Waals surface area (Å²) in [6.45, 7) is -1.70. The van der Waals surface area contributed by atoms with Crippen molar-refractivity contribution < 1.29 is 52.7 Å². The summed E-state index contributed by atoms with van der Waals surface area (Å²) in [4.78, 5) is -0.234. The van der Waals surface area contributed by atoms with Crippen LogP contribution in [0.5, 0.6) is 0 Å². The normalized spacial score (nSPS) is 22.6. The van der Waals surface area contributed by atoms with E-state index >= 15 is 0 Å². The number of nitrogens with zero attached hydrogens (tertiary/aromatic N) is 2. The molecule has 0 saturated carbocycles. The summed E-state index contributed by atoms with van der Waals surface area (Å²) in [5.41, 5.74) is -7.13. The molecule has 0 unspecified atom stereocenters. The summed E-state index contributed by atoms with van der Waals surface area (Å²) in [7, 11) is 0. The Morgan fingerprint density at radius 3 is 1.33 bits per heavy atom. The second-order valence-corrected chi connectivity index (χ2v) is 4.61. The standard InChI is InChI=1S/C9H7F12N3/c1-2-24-4(6(10,11)12,7(13,14)15)3(22)23-5(24,8(16,17)18)9(19,20)21/h2H2,1H3,(H2,22,23). The minimum absolute atomic E-state index is 0.257. The number of rotatable bonds is 1. The molecule has 0 aromatic heterocycles. The summed E-state index contributed by atoms with van der Waals surface area (Å²) in [5, 5.41) is 0. The molecule has 0 amide bonds. The number of likely N-dealkylation sites (N-methyl/N-ethyl adjacent to an activating group) is 1. The van der Waals surface area contributed by atoms with Gasteiger partial charge in [-0.15, -0.1) is 0 Å². The van der Waals surface area contributed by atoms with Crippen molar-refractivity contribution in [3.8, 4) is 0 Å². The maximum absolute atomic E-state index is 13.1. The number of nitrogens with two attached hydrogens (primary N) is 1. The fourth-order valence-corrected chi connectivity index (χ4v) is 2.51. The minimum Gasteiger partial charge on any atom is -0.385 e. The first-order valence-corrected chi connectivity index (χ1v) is 5.72. The van der Waals surface area contributed by atoms with E-state index in [9.17, 15) is 52.7 Å².